The molecular weight excluding hydrogens is 313 g/mol. The fourth-order valence-electron chi connectivity index (χ4n) is 2.31. The Labute approximate surface area is 120 Å². The molecule has 0 radical (unpaired) electrons. The number of alkyl halides is 3. The van der Waals surface area contributed by atoms with Crippen LogP contribution in [0.1, 0.15) is 38.5 Å². The molecular formula is C10H19F3N4O3S. The van der Waals surface area contributed by atoms with Crippen LogP contribution in [-0.2, 0) is 10.2 Å². The molecule has 0 bridgehead atoms. The van der Waals surface area contributed by atoms with Crippen molar-refractivity contribution in [3.8, 4) is 0 Å². The van der Waals surface area contributed by atoms with Gasteiger partial charge >= 0.3 is 6.18 Å². The minimum absolute atomic E-state index is 0.260. The molecule has 0 aliphatic heterocycles. The second kappa shape index (κ2) is 6.79. The van der Waals surface area contributed by atoms with Gasteiger partial charge in [0.25, 0.3) is 10.2 Å². The Kier molecular flexibility index (Phi) is 5.82. The van der Waals surface area contributed by atoms with Crippen molar-refractivity contribution in [2.75, 3.05) is 6.54 Å². The molecule has 0 aromatic rings. The second-order valence-corrected chi connectivity index (χ2v) is 6.52. The van der Waals surface area contributed by atoms with Crippen LogP contribution < -0.4 is 15.2 Å². The third-order valence-electron chi connectivity index (χ3n) is 3.35. The van der Waals surface area contributed by atoms with E-state index in [1.807, 2.05) is 0 Å². The van der Waals surface area contributed by atoms with Crippen molar-refractivity contribution < 1.29 is 26.8 Å². The molecule has 1 aliphatic carbocycles. The fraction of sp³-hybridized carbons (Fsp3) is 0.900. The van der Waals surface area contributed by atoms with Gasteiger partial charge in [-0.2, -0.15) is 31.0 Å². The predicted octanol–water partition coefficient (Wildman–Crippen LogP) is 0.812. The lowest BCUT2D eigenvalue weighted by molar-refractivity contribution is -0.121. The van der Waals surface area contributed by atoms with E-state index in [1.54, 1.807) is 0 Å². The van der Waals surface area contributed by atoms with Gasteiger partial charge in [0.05, 0.1) is 5.54 Å². The monoisotopic (exact) mass is 332 g/mol. The highest BCUT2D eigenvalue weighted by molar-refractivity contribution is 7.87. The van der Waals surface area contributed by atoms with Gasteiger partial charge in [-0.3, -0.25) is 0 Å². The van der Waals surface area contributed by atoms with E-state index >= 15 is 0 Å². The van der Waals surface area contributed by atoms with Crippen molar-refractivity contribution >= 4 is 16.0 Å². The van der Waals surface area contributed by atoms with Gasteiger partial charge in [0.1, 0.15) is 6.54 Å². The average molecular weight is 332 g/mol. The molecule has 0 saturated heterocycles. The summed E-state index contributed by atoms with van der Waals surface area (Å²) in [4.78, 5) is 0. The van der Waals surface area contributed by atoms with Crippen LogP contribution in [0.3, 0.4) is 0 Å². The molecule has 0 atom stereocenters. The highest BCUT2D eigenvalue weighted by Gasteiger charge is 2.40. The Morgan fingerprint density at radius 2 is 1.76 bits per heavy atom. The van der Waals surface area contributed by atoms with E-state index in [1.165, 1.54) is 4.72 Å². The number of amidine groups is 1. The molecule has 0 aromatic carbocycles. The van der Waals surface area contributed by atoms with Crippen molar-refractivity contribution in [2.45, 2.75) is 50.2 Å². The van der Waals surface area contributed by atoms with E-state index in [-0.39, 0.29) is 18.7 Å². The van der Waals surface area contributed by atoms with Crippen molar-refractivity contribution in [1.29, 1.82) is 0 Å². The van der Waals surface area contributed by atoms with Gasteiger partial charge in [-0.05, 0) is 12.8 Å². The number of halogens is 3. The lowest BCUT2D eigenvalue weighted by Crippen LogP contribution is -2.60. The summed E-state index contributed by atoms with van der Waals surface area (Å²) in [6.45, 7) is -1.69. The molecule has 21 heavy (non-hydrogen) atoms. The summed E-state index contributed by atoms with van der Waals surface area (Å²) in [5, 5.41) is 11.7. The molecule has 1 rings (SSSR count). The van der Waals surface area contributed by atoms with Crippen molar-refractivity contribution in [3.63, 3.8) is 0 Å². The molecule has 5 N–H and O–H groups in total. The largest absolute Gasteiger partial charge is 0.409 e. The molecule has 1 fully saturated rings. The minimum atomic E-state index is -4.66. The Hall–Kier alpha value is -1.07. The zero-order valence-electron chi connectivity index (χ0n) is 11.3. The van der Waals surface area contributed by atoms with Gasteiger partial charge in [-0.15, -0.1) is 0 Å². The predicted molar refractivity (Wildman–Crippen MR) is 70.0 cm³/mol. The summed E-state index contributed by atoms with van der Waals surface area (Å²) in [5.41, 5.74) is 4.21. The quantitative estimate of drug-likeness (QED) is 0.196. The third kappa shape index (κ3) is 5.67. The van der Waals surface area contributed by atoms with Crippen LogP contribution in [0.4, 0.5) is 13.2 Å². The topological polar surface area (TPSA) is 117 Å². The van der Waals surface area contributed by atoms with Crippen LogP contribution >= 0.6 is 0 Å². The molecule has 124 valence electrons. The summed E-state index contributed by atoms with van der Waals surface area (Å²) in [5.74, 6) is -0.346. The maximum atomic E-state index is 12.1. The van der Waals surface area contributed by atoms with Gasteiger partial charge in [0.2, 0.25) is 0 Å². The Bertz CT molecular complexity index is 470. The Morgan fingerprint density at radius 3 is 2.19 bits per heavy atom. The molecule has 0 unspecified atom stereocenters. The number of oxime groups is 1. The normalized spacial score (nSPS) is 21.0. The Balaban J connectivity index is 2.90. The molecule has 0 heterocycles. The number of rotatable bonds is 5. The molecule has 7 nitrogen and oxygen atoms in total. The average Bonchev–Trinajstić information content (AvgIpc) is 2.61. The lowest BCUT2D eigenvalue weighted by Gasteiger charge is -2.32. The fourth-order valence-corrected chi connectivity index (χ4v) is 3.56. The number of nitrogens with two attached hydrogens (primary N) is 1. The van der Waals surface area contributed by atoms with Gasteiger partial charge in [-0.1, -0.05) is 30.8 Å². The molecule has 0 amide bonds. The van der Waals surface area contributed by atoms with Crippen LogP contribution in [0.25, 0.3) is 0 Å². The summed E-state index contributed by atoms with van der Waals surface area (Å²) in [6.07, 6.45) is -1.21. The van der Waals surface area contributed by atoms with E-state index in [0.29, 0.717) is 12.8 Å². The first-order valence-corrected chi connectivity index (χ1v) is 7.92. The van der Waals surface area contributed by atoms with Crippen LogP contribution in [0.2, 0.25) is 0 Å². The summed E-state index contributed by atoms with van der Waals surface area (Å²) >= 11 is 0. The summed E-state index contributed by atoms with van der Waals surface area (Å²) in [6, 6.07) is 0. The SMILES string of the molecule is NC(=NO)C1(NS(=O)(=O)NCC(F)(F)F)CCCCCC1. The highest BCUT2D eigenvalue weighted by atomic mass is 32.2. The summed E-state index contributed by atoms with van der Waals surface area (Å²) < 4.78 is 63.4. The molecule has 1 aliphatic rings. The van der Waals surface area contributed by atoms with Crippen LogP contribution in [-0.4, -0.2) is 37.7 Å². The number of hydrogen-bond donors (Lipinski definition) is 4. The molecule has 0 aromatic heterocycles. The maximum absolute atomic E-state index is 12.1. The van der Waals surface area contributed by atoms with Gasteiger partial charge in [0, 0.05) is 0 Å². The van der Waals surface area contributed by atoms with Crippen molar-refractivity contribution in [2.24, 2.45) is 10.9 Å². The van der Waals surface area contributed by atoms with E-state index < -0.39 is 28.5 Å². The third-order valence-corrected chi connectivity index (χ3v) is 4.53. The standard InChI is InChI=1S/C10H19F3N4O3S/c11-10(12,13)7-15-21(19,20)17-9(8(14)16-18)5-3-1-2-4-6-9/h15,17-18H,1-7H2,(H2,14,16). The minimum Gasteiger partial charge on any atom is -0.409 e. The highest BCUT2D eigenvalue weighted by Crippen LogP contribution is 2.28. The van der Waals surface area contributed by atoms with E-state index in [4.69, 9.17) is 10.9 Å². The maximum Gasteiger partial charge on any atom is 0.402 e. The number of hydrogen-bond acceptors (Lipinski definition) is 4. The van der Waals surface area contributed by atoms with Crippen LogP contribution in [0.15, 0.2) is 5.16 Å². The van der Waals surface area contributed by atoms with Gasteiger partial charge in [-0.25, -0.2) is 0 Å². The number of nitrogens with zero attached hydrogens (tertiary/aromatic N) is 1. The first kappa shape index (κ1) is 18.0. The van der Waals surface area contributed by atoms with E-state index in [2.05, 4.69) is 9.88 Å². The molecule has 11 heteroatoms. The summed E-state index contributed by atoms with van der Waals surface area (Å²) in [7, 11) is -4.44. The van der Waals surface area contributed by atoms with E-state index in [9.17, 15) is 21.6 Å². The lowest BCUT2D eigenvalue weighted by atomic mass is 9.90. The zero-order chi connectivity index (χ0) is 16.1. The smallest absolute Gasteiger partial charge is 0.402 e. The first-order valence-electron chi connectivity index (χ1n) is 6.44. The number of nitrogens with one attached hydrogen (secondary N) is 2. The molecule has 0 spiro atoms. The van der Waals surface area contributed by atoms with Crippen LogP contribution in [0, 0.1) is 0 Å². The first-order chi connectivity index (χ1) is 9.60. The van der Waals surface area contributed by atoms with Gasteiger partial charge < -0.3 is 10.9 Å². The van der Waals surface area contributed by atoms with Crippen LogP contribution in [0.5, 0.6) is 0 Å². The Morgan fingerprint density at radius 1 is 1.24 bits per heavy atom. The molecule has 1 saturated carbocycles. The van der Waals surface area contributed by atoms with Gasteiger partial charge in [0.15, 0.2) is 5.84 Å². The van der Waals surface area contributed by atoms with E-state index in [0.717, 1.165) is 12.8 Å². The zero-order valence-corrected chi connectivity index (χ0v) is 12.1. The van der Waals surface area contributed by atoms with Crippen molar-refractivity contribution in [1.82, 2.24) is 9.44 Å². The van der Waals surface area contributed by atoms with Crippen molar-refractivity contribution in [3.05, 3.63) is 0 Å². The second-order valence-electron chi connectivity index (χ2n) is 5.02.